The Bertz CT molecular complexity index is 386. The van der Waals surface area contributed by atoms with E-state index in [1.54, 1.807) is 0 Å². The van der Waals surface area contributed by atoms with Crippen LogP contribution in [-0.4, -0.2) is 40.8 Å². The van der Waals surface area contributed by atoms with E-state index < -0.39 is 30.4 Å². The lowest BCUT2D eigenvalue weighted by molar-refractivity contribution is -0.145. The summed E-state index contributed by atoms with van der Waals surface area (Å²) in [4.78, 5) is 32.9. The number of amides is 2. The van der Waals surface area contributed by atoms with E-state index in [9.17, 15) is 14.4 Å². The standard InChI is InChI=1S/C14H24N2O5/c1-9-3-2-4-10(7-9)5-6-15-14(21)16-11(13(19)20)8-12(17)18/h9-11H,2-8H2,1H3,(H,17,18)(H,19,20)(H2,15,16,21)/t9?,10?,11-/m1/s1. The molecular weight excluding hydrogens is 276 g/mol. The first-order chi connectivity index (χ1) is 9.88. The first-order valence-corrected chi connectivity index (χ1v) is 7.37. The summed E-state index contributed by atoms with van der Waals surface area (Å²) in [6, 6.07) is -2.04. The third-order valence-corrected chi connectivity index (χ3v) is 3.87. The lowest BCUT2D eigenvalue weighted by Gasteiger charge is -2.26. The fraction of sp³-hybridized carbons (Fsp3) is 0.786. The maximum absolute atomic E-state index is 11.6. The Morgan fingerprint density at radius 2 is 1.95 bits per heavy atom. The van der Waals surface area contributed by atoms with Gasteiger partial charge in [0.25, 0.3) is 0 Å². The van der Waals surface area contributed by atoms with Crippen LogP contribution in [0.25, 0.3) is 0 Å². The summed E-state index contributed by atoms with van der Waals surface area (Å²) in [5.41, 5.74) is 0. The van der Waals surface area contributed by atoms with Gasteiger partial charge < -0.3 is 20.8 Å². The second kappa shape index (κ2) is 8.49. The summed E-state index contributed by atoms with van der Waals surface area (Å²) in [6.07, 6.45) is 5.05. The van der Waals surface area contributed by atoms with E-state index in [0.29, 0.717) is 12.5 Å². The van der Waals surface area contributed by atoms with E-state index in [1.165, 1.54) is 25.7 Å². The van der Waals surface area contributed by atoms with E-state index in [4.69, 9.17) is 10.2 Å². The Morgan fingerprint density at radius 3 is 2.52 bits per heavy atom. The monoisotopic (exact) mass is 300 g/mol. The lowest BCUT2D eigenvalue weighted by atomic mass is 9.81. The molecule has 7 heteroatoms. The van der Waals surface area contributed by atoms with Gasteiger partial charge in [-0.15, -0.1) is 0 Å². The number of hydrogen-bond donors (Lipinski definition) is 4. The molecule has 0 spiro atoms. The van der Waals surface area contributed by atoms with E-state index >= 15 is 0 Å². The van der Waals surface area contributed by atoms with Crippen LogP contribution < -0.4 is 10.6 Å². The quantitative estimate of drug-likeness (QED) is 0.567. The zero-order valence-corrected chi connectivity index (χ0v) is 12.3. The fourth-order valence-electron chi connectivity index (χ4n) is 2.80. The van der Waals surface area contributed by atoms with Crippen molar-refractivity contribution in [3.63, 3.8) is 0 Å². The zero-order chi connectivity index (χ0) is 15.8. The third kappa shape index (κ3) is 6.97. The molecule has 1 aliphatic carbocycles. The van der Waals surface area contributed by atoms with Crippen LogP contribution in [0, 0.1) is 11.8 Å². The molecule has 0 heterocycles. The van der Waals surface area contributed by atoms with Crippen molar-refractivity contribution in [2.45, 2.75) is 51.5 Å². The minimum absolute atomic E-state index is 0.475. The van der Waals surface area contributed by atoms with E-state index in [-0.39, 0.29) is 0 Å². The largest absolute Gasteiger partial charge is 0.481 e. The summed E-state index contributed by atoms with van der Waals surface area (Å²) in [7, 11) is 0. The number of carbonyl (C=O) groups is 3. The summed E-state index contributed by atoms with van der Waals surface area (Å²) < 4.78 is 0. The molecule has 0 bridgehead atoms. The van der Waals surface area contributed by atoms with Crippen LogP contribution in [0.15, 0.2) is 0 Å². The second-order valence-electron chi connectivity index (χ2n) is 5.82. The number of urea groups is 1. The Kier molecular flexibility index (Phi) is 6.98. The zero-order valence-electron chi connectivity index (χ0n) is 12.3. The van der Waals surface area contributed by atoms with Crippen LogP contribution in [0.4, 0.5) is 4.79 Å². The van der Waals surface area contributed by atoms with Crippen LogP contribution in [0.3, 0.4) is 0 Å². The number of aliphatic carboxylic acids is 2. The van der Waals surface area contributed by atoms with Crippen molar-refractivity contribution < 1.29 is 24.6 Å². The molecule has 4 N–H and O–H groups in total. The maximum atomic E-state index is 11.6. The highest BCUT2D eigenvalue weighted by atomic mass is 16.4. The lowest BCUT2D eigenvalue weighted by Crippen LogP contribution is -2.47. The average molecular weight is 300 g/mol. The topological polar surface area (TPSA) is 116 Å². The number of hydrogen-bond acceptors (Lipinski definition) is 3. The van der Waals surface area contributed by atoms with Gasteiger partial charge in [-0.3, -0.25) is 4.79 Å². The normalized spacial score (nSPS) is 23.1. The van der Waals surface area contributed by atoms with Crippen LogP contribution >= 0.6 is 0 Å². The SMILES string of the molecule is CC1CCCC(CCNC(=O)N[C@H](CC(=O)O)C(=O)O)C1. The predicted octanol–water partition coefficient (Wildman–Crippen LogP) is 1.43. The van der Waals surface area contributed by atoms with Gasteiger partial charge in [-0.1, -0.05) is 26.2 Å². The molecule has 21 heavy (non-hydrogen) atoms. The molecule has 0 radical (unpaired) electrons. The van der Waals surface area contributed by atoms with Gasteiger partial charge in [0.15, 0.2) is 0 Å². The molecule has 1 saturated carbocycles. The highest BCUT2D eigenvalue weighted by molar-refractivity contribution is 5.86. The Balaban J connectivity index is 2.26. The number of carboxylic acid groups (broad SMARTS) is 2. The molecule has 120 valence electrons. The van der Waals surface area contributed by atoms with E-state index in [2.05, 4.69) is 17.6 Å². The van der Waals surface area contributed by atoms with Crippen molar-refractivity contribution in [3.05, 3.63) is 0 Å². The van der Waals surface area contributed by atoms with Crippen molar-refractivity contribution in [2.24, 2.45) is 11.8 Å². The van der Waals surface area contributed by atoms with Crippen molar-refractivity contribution in [1.82, 2.24) is 10.6 Å². The molecule has 1 fully saturated rings. The molecule has 2 amide bonds. The highest BCUT2D eigenvalue weighted by Crippen LogP contribution is 2.30. The van der Waals surface area contributed by atoms with Gasteiger partial charge in [0.05, 0.1) is 6.42 Å². The smallest absolute Gasteiger partial charge is 0.326 e. The first kappa shape index (κ1) is 17.3. The van der Waals surface area contributed by atoms with Gasteiger partial charge in [0.1, 0.15) is 6.04 Å². The van der Waals surface area contributed by atoms with Crippen molar-refractivity contribution in [3.8, 4) is 0 Å². The van der Waals surface area contributed by atoms with Gasteiger partial charge in [0, 0.05) is 6.54 Å². The molecule has 0 aromatic rings. The van der Waals surface area contributed by atoms with Gasteiger partial charge in [-0.25, -0.2) is 9.59 Å². The van der Waals surface area contributed by atoms with Gasteiger partial charge in [0.2, 0.25) is 0 Å². The molecule has 2 unspecified atom stereocenters. The van der Waals surface area contributed by atoms with E-state index in [1.807, 2.05) is 0 Å². The van der Waals surface area contributed by atoms with Crippen LogP contribution in [-0.2, 0) is 9.59 Å². The highest BCUT2D eigenvalue weighted by Gasteiger charge is 2.23. The average Bonchev–Trinajstić information content (AvgIpc) is 2.37. The molecule has 1 aliphatic rings. The Morgan fingerprint density at radius 1 is 1.24 bits per heavy atom. The summed E-state index contributed by atoms with van der Waals surface area (Å²) in [5.74, 6) is -1.29. The first-order valence-electron chi connectivity index (χ1n) is 7.37. The molecule has 3 atom stereocenters. The second-order valence-corrected chi connectivity index (χ2v) is 5.82. The Labute approximate surface area is 124 Å². The predicted molar refractivity (Wildman–Crippen MR) is 76.0 cm³/mol. The molecule has 0 saturated heterocycles. The summed E-state index contributed by atoms with van der Waals surface area (Å²) >= 11 is 0. The molecule has 0 aromatic carbocycles. The number of rotatable bonds is 7. The molecule has 7 nitrogen and oxygen atoms in total. The Hall–Kier alpha value is -1.79. The number of carboxylic acids is 2. The maximum Gasteiger partial charge on any atom is 0.326 e. The minimum atomic E-state index is -1.41. The molecule has 0 aliphatic heterocycles. The molecule has 1 rings (SSSR count). The molecular formula is C14H24N2O5. The van der Waals surface area contributed by atoms with Crippen LogP contribution in [0.5, 0.6) is 0 Å². The van der Waals surface area contributed by atoms with E-state index in [0.717, 1.165) is 12.3 Å². The van der Waals surface area contributed by atoms with Gasteiger partial charge >= 0.3 is 18.0 Å². The van der Waals surface area contributed by atoms with Gasteiger partial charge in [-0.05, 0) is 24.7 Å². The van der Waals surface area contributed by atoms with Crippen LogP contribution in [0.2, 0.25) is 0 Å². The summed E-state index contributed by atoms with van der Waals surface area (Å²) in [5, 5.41) is 22.2. The number of carbonyl (C=O) groups excluding carboxylic acids is 1. The third-order valence-electron chi connectivity index (χ3n) is 3.87. The van der Waals surface area contributed by atoms with Crippen molar-refractivity contribution in [2.75, 3.05) is 6.54 Å². The van der Waals surface area contributed by atoms with Crippen molar-refractivity contribution in [1.29, 1.82) is 0 Å². The number of nitrogens with one attached hydrogen (secondary N) is 2. The fourth-order valence-corrected chi connectivity index (χ4v) is 2.80. The molecule has 0 aromatic heterocycles. The van der Waals surface area contributed by atoms with Crippen molar-refractivity contribution >= 4 is 18.0 Å². The minimum Gasteiger partial charge on any atom is -0.481 e. The van der Waals surface area contributed by atoms with Crippen LogP contribution in [0.1, 0.15) is 45.4 Å². The summed E-state index contributed by atoms with van der Waals surface area (Å²) in [6.45, 7) is 2.71. The van der Waals surface area contributed by atoms with Gasteiger partial charge in [-0.2, -0.15) is 0 Å².